The molecular formula is C19H26N4O. The number of aryl methyl sites for hydroxylation is 1. The van der Waals surface area contributed by atoms with Crippen LogP contribution in [-0.4, -0.2) is 33.9 Å². The minimum Gasteiger partial charge on any atom is -0.365 e. The van der Waals surface area contributed by atoms with Crippen LogP contribution in [0.5, 0.6) is 0 Å². The highest BCUT2D eigenvalue weighted by atomic mass is 16.2. The highest BCUT2D eigenvalue weighted by Gasteiger charge is 2.15. The molecule has 2 rings (SSSR count). The minimum absolute atomic E-state index is 0.0448. The van der Waals surface area contributed by atoms with Crippen molar-refractivity contribution in [2.75, 3.05) is 18.4 Å². The molecule has 0 aliphatic rings. The zero-order valence-electron chi connectivity index (χ0n) is 14.7. The standard InChI is InChI=1S/C19H26N4O/c1-4-10-23(11-5-2)19(24)17-13-22-18(14-20-17)21-12-16-9-7-6-8-15(16)3/h6-9,13-14H,4-5,10-12H2,1-3H3,(H,21,22). The Morgan fingerprint density at radius 3 is 2.38 bits per heavy atom. The smallest absolute Gasteiger partial charge is 0.274 e. The van der Waals surface area contributed by atoms with Gasteiger partial charge in [0.1, 0.15) is 11.5 Å². The maximum absolute atomic E-state index is 12.5. The number of hydrogen-bond acceptors (Lipinski definition) is 4. The van der Waals surface area contributed by atoms with Gasteiger partial charge in [-0.15, -0.1) is 0 Å². The number of hydrogen-bond donors (Lipinski definition) is 1. The summed E-state index contributed by atoms with van der Waals surface area (Å²) in [4.78, 5) is 22.9. The van der Waals surface area contributed by atoms with Crippen LogP contribution in [0.4, 0.5) is 5.82 Å². The lowest BCUT2D eigenvalue weighted by Gasteiger charge is -2.20. The van der Waals surface area contributed by atoms with Gasteiger partial charge in [-0.1, -0.05) is 38.1 Å². The predicted molar refractivity (Wildman–Crippen MR) is 97.0 cm³/mol. The molecule has 2 aromatic rings. The summed E-state index contributed by atoms with van der Waals surface area (Å²) in [5, 5.41) is 3.25. The minimum atomic E-state index is -0.0448. The fourth-order valence-corrected chi connectivity index (χ4v) is 2.54. The van der Waals surface area contributed by atoms with E-state index in [1.165, 1.54) is 11.1 Å². The van der Waals surface area contributed by atoms with Crippen molar-refractivity contribution in [3.63, 3.8) is 0 Å². The monoisotopic (exact) mass is 326 g/mol. The highest BCUT2D eigenvalue weighted by Crippen LogP contribution is 2.10. The molecule has 0 radical (unpaired) electrons. The molecule has 0 atom stereocenters. The van der Waals surface area contributed by atoms with Crippen LogP contribution in [0.25, 0.3) is 0 Å². The summed E-state index contributed by atoms with van der Waals surface area (Å²) in [6.07, 6.45) is 5.06. The molecule has 0 saturated heterocycles. The third-order valence-electron chi connectivity index (χ3n) is 3.87. The Bertz CT molecular complexity index is 649. The molecule has 1 amide bonds. The van der Waals surface area contributed by atoms with Gasteiger partial charge in [-0.3, -0.25) is 4.79 Å². The fraction of sp³-hybridized carbons (Fsp3) is 0.421. The Labute approximate surface area is 144 Å². The second-order valence-electron chi connectivity index (χ2n) is 5.86. The van der Waals surface area contributed by atoms with Gasteiger partial charge in [-0.05, 0) is 30.9 Å². The normalized spacial score (nSPS) is 10.5. The quantitative estimate of drug-likeness (QED) is 0.804. The van der Waals surface area contributed by atoms with Crippen molar-refractivity contribution < 1.29 is 4.79 Å². The van der Waals surface area contributed by atoms with Gasteiger partial charge in [0.2, 0.25) is 0 Å². The molecule has 0 bridgehead atoms. The molecule has 1 heterocycles. The maximum Gasteiger partial charge on any atom is 0.274 e. The Morgan fingerprint density at radius 1 is 1.08 bits per heavy atom. The summed E-state index contributed by atoms with van der Waals surface area (Å²) in [7, 11) is 0. The number of rotatable bonds is 8. The van der Waals surface area contributed by atoms with E-state index in [-0.39, 0.29) is 5.91 Å². The number of carbonyl (C=O) groups is 1. The van der Waals surface area contributed by atoms with Gasteiger partial charge in [-0.25, -0.2) is 9.97 Å². The Morgan fingerprint density at radius 2 is 1.79 bits per heavy atom. The van der Waals surface area contributed by atoms with Gasteiger partial charge in [0, 0.05) is 19.6 Å². The highest BCUT2D eigenvalue weighted by molar-refractivity contribution is 5.92. The lowest BCUT2D eigenvalue weighted by atomic mass is 10.1. The first-order chi connectivity index (χ1) is 11.7. The van der Waals surface area contributed by atoms with Crippen molar-refractivity contribution in [2.45, 2.75) is 40.2 Å². The molecule has 0 fully saturated rings. The molecule has 0 aliphatic heterocycles. The van der Waals surface area contributed by atoms with E-state index in [1.807, 2.05) is 17.0 Å². The Hall–Kier alpha value is -2.43. The number of aromatic nitrogens is 2. The Kier molecular flexibility index (Phi) is 6.73. The van der Waals surface area contributed by atoms with Crippen molar-refractivity contribution in [3.05, 3.63) is 53.5 Å². The van der Waals surface area contributed by atoms with Gasteiger partial charge < -0.3 is 10.2 Å². The SMILES string of the molecule is CCCN(CCC)C(=O)c1cnc(NCc2ccccc2C)cn1. The van der Waals surface area contributed by atoms with Gasteiger partial charge >= 0.3 is 0 Å². The number of benzene rings is 1. The number of amides is 1. The van der Waals surface area contributed by atoms with E-state index in [0.717, 1.165) is 25.9 Å². The predicted octanol–water partition coefficient (Wildman–Crippen LogP) is 3.66. The third kappa shape index (κ3) is 4.78. The summed E-state index contributed by atoms with van der Waals surface area (Å²) in [6.45, 7) is 8.41. The molecular weight excluding hydrogens is 300 g/mol. The van der Waals surface area contributed by atoms with E-state index in [1.54, 1.807) is 12.4 Å². The third-order valence-corrected chi connectivity index (χ3v) is 3.87. The largest absolute Gasteiger partial charge is 0.365 e. The average Bonchev–Trinajstić information content (AvgIpc) is 2.61. The van der Waals surface area contributed by atoms with Crippen LogP contribution in [0.3, 0.4) is 0 Å². The molecule has 0 spiro atoms. The fourth-order valence-electron chi connectivity index (χ4n) is 2.54. The molecule has 0 unspecified atom stereocenters. The Balaban J connectivity index is 1.99. The van der Waals surface area contributed by atoms with Gasteiger partial charge in [0.05, 0.1) is 12.4 Å². The molecule has 0 aliphatic carbocycles. The van der Waals surface area contributed by atoms with E-state index in [0.29, 0.717) is 18.1 Å². The van der Waals surface area contributed by atoms with Crippen LogP contribution in [0.15, 0.2) is 36.7 Å². The molecule has 5 heteroatoms. The van der Waals surface area contributed by atoms with Crippen molar-refractivity contribution in [3.8, 4) is 0 Å². The molecule has 5 nitrogen and oxygen atoms in total. The number of nitrogens with one attached hydrogen (secondary N) is 1. The van der Waals surface area contributed by atoms with E-state index in [4.69, 9.17) is 0 Å². The van der Waals surface area contributed by atoms with E-state index in [9.17, 15) is 4.79 Å². The van der Waals surface area contributed by atoms with Crippen LogP contribution < -0.4 is 5.32 Å². The lowest BCUT2D eigenvalue weighted by molar-refractivity contribution is 0.0749. The van der Waals surface area contributed by atoms with Crippen molar-refractivity contribution >= 4 is 11.7 Å². The van der Waals surface area contributed by atoms with E-state index in [2.05, 4.69) is 48.2 Å². The first kappa shape index (κ1) is 17.9. The van der Waals surface area contributed by atoms with Gasteiger partial charge in [0.25, 0.3) is 5.91 Å². The molecule has 1 aromatic heterocycles. The number of anilines is 1. The molecule has 128 valence electrons. The molecule has 1 N–H and O–H groups in total. The van der Waals surface area contributed by atoms with Gasteiger partial charge in [0.15, 0.2) is 0 Å². The van der Waals surface area contributed by atoms with E-state index >= 15 is 0 Å². The van der Waals surface area contributed by atoms with Crippen LogP contribution in [-0.2, 0) is 6.54 Å². The molecule has 1 aromatic carbocycles. The maximum atomic E-state index is 12.5. The first-order valence-corrected chi connectivity index (χ1v) is 8.55. The topological polar surface area (TPSA) is 58.1 Å². The summed E-state index contributed by atoms with van der Waals surface area (Å²) in [5.74, 6) is 0.629. The average molecular weight is 326 g/mol. The first-order valence-electron chi connectivity index (χ1n) is 8.55. The van der Waals surface area contributed by atoms with Crippen molar-refractivity contribution in [1.29, 1.82) is 0 Å². The van der Waals surface area contributed by atoms with Crippen LogP contribution in [0.1, 0.15) is 48.3 Å². The summed E-state index contributed by atoms with van der Waals surface area (Å²) in [6, 6.07) is 8.21. The van der Waals surface area contributed by atoms with E-state index < -0.39 is 0 Å². The second kappa shape index (κ2) is 9.01. The molecule has 24 heavy (non-hydrogen) atoms. The van der Waals surface area contributed by atoms with Crippen molar-refractivity contribution in [1.82, 2.24) is 14.9 Å². The van der Waals surface area contributed by atoms with Gasteiger partial charge in [-0.2, -0.15) is 0 Å². The van der Waals surface area contributed by atoms with Crippen LogP contribution in [0.2, 0.25) is 0 Å². The zero-order chi connectivity index (χ0) is 17.4. The second-order valence-corrected chi connectivity index (χ2v) is 5.86. The molecule has 0 saturated carbocycles. The van der Waals surface area contributed by atoms with Crippen molar-refractivity contribution in [2.24, 2.45) is 0 Å². The number of carbonyl (C=O) groups excluding carboxylic acids is 1. The summed E-state index contributed by atoms with van der Waals surface area (Å²) in [5.41, 5.74) is 2.86. The number of nitrogens with zero attached hydrogens (tertiary/aromatic N) is 3. The summed E-state index contributed by atoms with van der Waals surface area (Å²) >= 11 is 0. The lowest BCUT2D eigenvalue weighted by Crippen LogP contribution is -2.33. The zero-order valence-corrected chi connectivity index (χ0v) is 14.7. The van der Waals surface area contributed by atoms with Crippen LogP contribution in [0, 0.1) is 6.92 Å². The summed E-state index contributed by atoms with van der Waals surface area (Å²) < 4.78 is 0. The van der Waals surface area contributed by atoms with Crippen LogP contribution >= 0.6 is 0 Å².